The van der Waals surface area contributed by atoms with Crippen molar-refractivity contribution in [2.24, 2.45) is 0 Å². The third kappa shape index (κ3) is 6.56. The van der Waals surface area contributed by atoms with Crippen molar-refractivity contribution in [3.63, 3.8) is 0 Å². The molecule has 0 aliphatic rings. The molecule has 1 aromatic heterocycles. The molecule has 0 radical (unpaired) electrons. The molecule has 0 saturated carbocycles. The Morgan fingerprint density at radius 1 is 1.06 bits per heavy atom. The Morgan fingerprint density at radius 2 is 1.82 bits per heavy atom. The highest BCUT2D eigenvalue weighted by atomic mass is 32.2. The van der Waals surface area contributed by atoms with Gasteiger partial charge in [0.15, 0.2) is 0 Å². The fourth-order valence-electron chi connectivity index (χ4n) is 3.05. The molecule has 0 aliphatic carbocycles. The van der Waals surface area contributed by atoms with E-state index in [-0.39, 0.29) is 13.1 Å². The zero-order chi connectivity index (χ0) is 24.1. The van der Waals surface area contributed by atoms with Gasteiger partial charge < -0.3 is 9.64 Å². The number of halogens is 3. The van der Waals surface area contributed by atoms with Gasteiger partial charge in [0, 0.05) is 17.0 Å². The van der Waals surface area contributed by atoms with Gasteiger partial charge in [0.25, 0.3) is 0 Å². The fourth-order valence-corrected chi connectivity index (χ4v) is 4.79. The van der Waals surface area contributed by atoms with E-state index in [1.54, 1.807) is 24.3 Å². The molecule has 0 saturated heterocycles. The maximum atomic E-state index is 13.0. The first kappa shape index (κ1) is 24.7. The number of benzene rings is 2. The number of carbonyl (C=O) groups excluding carboxylic acids is 1. The van der Waals surface area contributed by atoms with Crippen LogP contribution in [-0.2, 0) is 34.1 Å². The second kappa shape index (κ2) is 10.4. The molecule has 1 amide bonds. The van der Waals surface area contributed by atoms with Gasteiger partial charge in [0.2, 0.25) is 15.9 Å². The number of methoxy groups -OCH3 is 1. The number of carbonyl (C=O) groups is 1. The summed E-state index contributed by atoms with van der Waals surface area (Å²) >= 11 is 1.44. The van der Waals surface area contributed by atoms with Gasteiger partial charge in [0.1, 0.15) is 5.75 Å². The lowest BCUT2D eigenvalue weighted by atomic mass is 10.2. The lowest BCUT2D eigenvalue weighted by molar-refractivity contribution is -0.137. The first-order valence-corrected chi connectivity index (χ1v) is 12.1. The quantitative estimate of drug-likeness (QED) is 0.478. The molecule has 0 atom stereocenters. The third-order valence-corrected chi connectivity index (χ3v) is 6.98. The normalized spacial score (nSPS) is 11.9. The van der Waals surface area contributed by atoms with Gasteiger partial charge in [-0.3, -0.25) is 4.79 Å². The Labute approximate surface area is 193 Å². The smallest absolute Gasteiger partial charge is 0.416 e. The number of ether oxygens (including phenoxy) is 1. The van der Waals surface area contributed by atoms with Crippen molar-refractivity contribution < 1.29 is 31.1 Å². The van der Waals surface area contributed by atoms with E-state index in [9.17, 15) is 26.4 Å². The molecule has 1 heterocycles. The number of hydrogen-bond acceptors (Lipinski definition) is 5. The van der Waals surface area contributed by atoms with Crippen LogP contribution >= 0.6 is 11.3 Å². The van der Waals surface area contributed by atoms with Gasteiger partial charge in [-0.2, -0.15) is 13.2 Å². The predicted molar refractivity (Wildman–Crippen MR) is 118 cm³/mol. The summed E-state index contributed by atoms with van der Waals surface area (Å²) < 4.78 is 71.4. The number of thiophene rings is 1. The van der Waals surface area contributed by atoms with Crippen molar-refractivity contribution in [2.75, 3.05) is 13.7 Å². The van der Waals surface area contributed by atoms with Crippen molar-refractivity contribution in [2.45, 2.75) is 24.2 Å². The van der Waals surface area contributed by atoms with Crippen LogP contribution in [0.5, 0.6) is 5.75 Å². The number of alkyl halides is 3. The molecule has 6 nitrogen and oxygen atoms in total. The zero-order valence-electron chi connectivity index (χ0n) is 17.5. The number of hydrogen-bond donors (Lipinski definition) is 1. The maximum absolute atomic E-state index is 13.0. The molecule has 33 heavy (non-hydrogen) atoms. The number of nitrogens with one attached hydrogen (secondary N) is 1. The Kier molecular flexibility index (Phi) is 7.77. The van der Waals surface area contributed by atoms with Gasteiger partial charge in [-0.25, -0.2) is 13.1 Å². The van der Waals surface area contributed by atoms with Crippen LogP contribution in [0.4, 0.5) is 13.2 Å². The minimum absolute atomic E-state index is 0.159. The molecule has 0 spiro atoms. The third-order valence-electron chi connectivity index (χ3n) is 4.72. The average molecular weight is 499 g/mol. The molecule has 3 aromatic rings. The minimum Gasteiger partial charge on any atom is -0.496 e. The van der Waals surface area contributed by atoms with E-state index in [2.05, 4.69) is 4.72 Å². The average Bonchev–Trinajstić information content (AvgIpc) is 3.30. The number of amides is 1. The lowest BCUT2D eigenvalue weighted by Gasteiger charge is -2.23. The second-order valence-corrected chi connectivity index (χ2v) is 9.79. The first-order chi connectivity index (χ1) is 15.6. The number of sulfonamides is 1. The van der Waals surface area contributed by atoms with E-state index < -0.39 is 39.1 Å². The van der Waals surface area contributed by atoms with Crippen molar-refractivity contribution in [3.05, 3.63) is 82.0 Å². The van der Waals surface area contributed by atoms with E-state index in [4.69, 9.17) is 4.74 Å². The summed E-state index contributed by atoms with van der Waals surface area (Å²) in [6.07, 6.45) is -4.69. The standard InChI is InChI=1S/C22H21F3N2O4S2/c1-31-20-10-3-2-6-16(20)14-27(15-18-8-5-11-32-18)21(28)13-26-33(29,30)19-9-4-7-17(12-19)22(23,24)25/h2-12,26H,13-15H2,1H3. The number of rotatable bonds is 9. The second-order valence-electron chi connectivity index (χ2n) is 6.99. The highest BCUT2D eigenvalue weighted by Crippen LogP contribution is 2.30. The maximum Gasteiger partial charge on any atom is 0.416 e. The van der Waals surface area contributed by atoms with Crippen LogP contribution in [0.2, 0.25) is 0 Å². The molecule has 3 rings (SSSR count). The van der Waals surface area contributed by atoms with Crippen LogP contribution < -0.4 is 9.46 Å². The number of nitrogens with zero attached hydrogens (tertiary/aromatic N) is 1. The summed E-state index contributed by atoms with van der Waals surface area (Å²) in [5.41, 5.74) is -0.363. The van der Waals surface area contributed by atoms with Crippen molar-refractivity contribution >= 4 is 27.3 Å². The van der Waals surface area contributed by atoms with Crippen molar-refractivity contribution in [1.29, 1.82) is 0 Å². The summed E-state index contributed by atoms with van der Waals surface area (Å²) in [6, 6.07) is 14.2. The molecule has 176 valence electrons. The fraction of sp³-hybridized carbons (Fsp3) is 0.227. The van der Waals surface area contributed by atoms with E-state index in [1.165, 1.54) is 23.3 Å². The van der Waals surface area contributed by atoms with Crippen LogP contribution in [0.25, 0.3) is 0 Å². The molecule has 11 heteroatoms. The Hall–Kier alpha value is -2.89. The molecular formula is C22H21F3N2O4S2. The summed E-state index contributed by atoms with van der Waals surface area (Å²) in [5, 5.41) is 1.86. The van der Waals surface area contributed by atoms with Crippen molar-refractivity contribution in [3.8, 4) is 5.75 Å². The summed E-state index contributed by atoms with van der Waals surface area (Å²) in [5.74, 6) is 0.0379. The highest BCUT2D eigenvalue weighted by molar-refractivity contribution is 7.89. The zero-order valence-corrected chi connectivity index (χ0v) is 19.1. The van der Waals surface area contributed by atoms with Gasteiger partial charge in [0.05, 0.1) is 30.7 Å². The van der Waals surface area contributed by atoms with E-state index in [1.807, 2.05) is 17.5 Å². The van der Waals surface area contributed by atoms with Gasteiger partial charge >= 0.3 is 6.18 Å². The lowest BCUT2D eigenvalue weighted by Crippen LogP contribution is -2.39. The summed E-state index contributed by atoms with van der Waals surface area (Å²) in [6.45, 7) is -0.217. The molecular weight excluding hydrogens is 477 g/mol. The van der Waals surface area contributed by atoms with Crippen LogP contribution in [0.15, 0.2) is 70.9 Å². The Morgan fingerprint density at radius 3 is 2.48 bits per heavy atom. The molecule has 0 unspecified atom stereocenters. The topological polar surface area (TPSA) is 75.7 Å². The van der Waals surface area contributed by atoms with Gasteiger partial charge in [-0.15, -0.1) is 11.3 Å². The summed E-state index contributed by atoms with van der Waals surface area (Å²) in [7, 11) is -2.83. The molecule has 0 bridgehead atoms. The largest absolute Gasteiger partial charge is 0.496 e. The van der Waals surface area contributed by atoms with Crippen LogP contribution in [0.3, 0.4) is 0 Å². The molecule has 0 fully saturated rings. The van der Waals surface area contributed by atoms with Crippen LogP contribution in [0.1, 0.15) is 16.0 Å². The van der Waals surface area contributed by atoms with Gasteiger partial charge in [-0.05, 0) is 35.7 Å². The highest BCUT2D eigenvalue weighted by Gasteiger charge is 2.32. The molecule has 0 aliphatic heterocycles. The van der Waals surface area contributed by atoms with E-state index in [0.29, 0.717) is 11.8 Å². The van der Waals surface area contributed by atoms with Gasteiger partial charge in [-0.1, -0.05) is 30.3 Å². The Bertz CT molecular complexity index is 1200. The van der Waals surface area contributed by atoms with Crippen LogP contribution in [0, 0.1) is 0 Å². The SMILES string of the molecule is COc1ccccc1CN(Cc1cccs1)C(=O)CNS(=O)(=O)c1cccc(C(F)(F)F)c1. The van der Waals surface area contributed by atoms with Crippen molar-refractivity contribution in [1.82, 2.24) is 9.62 Å². The summed E-state index contributed by atoms with van der Waals surface area (Å²) in [4.78, 5) is 14.7. The molecule has 1 N–H and O–H groups in total. The Balaban J connectivity index is 1.77. The number of para-hydroxylation sites is 1. The monoisotopic (exact) mass is 498 g/mol. The molecule has 2 aromatic carbocycles. The minimum atomic E-state index is -4.69. The van der Waals surface area contributed by atoms with Crippen LogP contribution in [-0.4, -0.2) is 32.9 Å². The first-order valence-electron chi connectivity index (χ1n) is 9.69. The predicted octanol–water partition coefficient (Wildman–Crippen LogP) is 4.28. The van der Waals surface area contributed by atoms with E-state index >= 15 is 0 Å². The van der Waals surface area contributed by atoms with E-state index in [0.717, 1.165) is 28.6 Å².